The number of rotatable bonds is 5. The van der Waals surface area contributed by atoms with Crippen LogP contribution in [0.15, 0.2) is 24.3 Å². The molecule has 0 radical (unpaired) electrons. The van der Waals surface area contributed by atoms with Crippen LogP contribution >= 0.6 is 0 Å². The third kappa shape index (κ3) is 3.77. The summed E-state index contributed by atoms with van der Waals surface area (Å²) in [5.74, 6) is -0.583. The lowest BCUT2D eigenvalue weighted by Gasteiger charge is -2.06. The average molecular weight is 315 g/mol. The second-order valence-corrected chi connectivity index (χ2v) is 5.35. The largest absolute Gasteiger partial charge is 0.465 e. The van der Waals surface area contributed by atoms with Crippen molar-refractivity contribution in [1.82, 2.24) is 15.1 Å². The van der Waals surface area contributed by atoms with Gasteiger partial charge in [0.1, 0.15) is 0 Å². The Morgan fingerprint density at radius 3 is 2.30 bits per heavy atom. The van der Waals surface area contributed by atoms with Gasteiger partial charge in [-0.25, -0.2) is 4.79 Å². The van der Waals surface area contributed by atoms with Crippen LogP contribution in [0.4, 0.5) is 0 Å². The number of ether oxygens (including phenoxy) is 1. The number of nitrogens with one attached hydrogen (secondary N) is 1. The number of hydrogen-bond acceptors (Lipinski definition) is 4. The van der Waals surface area contributed by atoms with E-state index < -0.39 is 5.97 Å². The van der Waals surface area contributed by atoms with E-state index in [-0.39, 0.29) is 5.91 Å². The van der Waals surface area contributed by atoms with E-state index in [0.717, 1.165) is 23.4 Å². The molecule has 2 aromatic rings. The number of nitrogens with zero attached hydrogens (tertiary/aromatic N) is 2. The molecule has 0 fully saturated rings. The van der Waals surface area contributed by atoms with Crippen molar-refractivity contribution >= 4 is 11.9 Å². The van der Waals surface area contributed by atoms with Gasteiger partial charge in [-0.15, -0.1) is 0 Å². The van der Waals surface area contributed by atoms with E-state index in [1.807, 2.05) is 25.6 Å². The second kappa shape index (κ2) is 7.09. The maximum absolute atomic E-state index is 12.1. The molecular weight excluding hydrogens is 294 g/mol. The summed E-state index contributed by atoms with van der Waals surface area (Å²) in [6.45, 7) is 4.52. The lowest BCUT2D eigenvalue weighted by molar-refractivity contribution is 0.0600. The Morgan fingerprint density at radius 2 is 1.78 bits per heavy atom. The van der Waals surface area contributed by atoms with E-state index in [9.17, 15) is 9.59 Å². The molecule has 1 N–H and O–H groups in total. The Kier molecular flexibility index (Phi) is 5.16. The minimum absolute atomic E-state index is 0.166. The molecule has 2 rings (SSSR count). The first-order valence-electron chi connectivity index (χ1n) is 7.39. The molecule has 1 aromatic heterocycles. The fraction of sp³-hybridized carbons (Fsp3) is 0.353. The van der Waals surface area contributed by atoms with Crippen LogP contribution in [0.1, 0.15) is 37.7 Å². The molecule has 0 spiro atoms. The highest BCUT2D eigenvalue weighted by molar-refractivity contribution is 5.96. The summed E-state index contributed by atoms with van der Waals surface area (Å²) in [7, 11) is 3.23. The van der Waals surface area contributed by atoms with Crippen molar-refractivity contribution < 1.29 is 14.3 Å². The average Bonchev–Trinajstić information content (AvgIpc) is 2.80. The number of aromatic nitrogens is 2. The summed E-state index contributed by atoms with van der Waals surface area (Å²) in [5, 5.41) is 7.24. The number of aryl methyl sites for hydroxylation is 2. The predicted octanol–water partition coefficient (Wildman–Crippen LogP) is 1.80. The number of esters is 1. The van der Waals surface area contributed by atoms with E-state index in [1.54, 1.807) is 24.3 Å². The van der Waals surface area contributed by atoms with Crippen molar-refractivity contribution in [3.8, 4) is 0 Å². The van der Waals surface area contributed by atoms with Gasteiger partial charge in [0, 0.05) is 24.8 Å². The Labute approximate surface area is 135 Å². The van der Waals surface area contributed by atoms with Gasteiger partial charge in [0.25, 0.3) is 5.91 Å². The Bertz CT molecular complexity index is 717. The van der Waals surface area contributed by atoms with E-state index in [0.29, 0.717) is 17.7 Å². The monoisotopic (exact) mass is 315 g/mol. The molecule has 23 heavy (non-hydrogen) atoms. The molecular formula is C17H21N3O3. The summed E-state index contributed by atoms with van der Waals surface area (Å²) in [6.07, 6.45) is 0.734. The maximum Gasteiger partial charge on any atom is 0.337 e. The molecule has 6 nitrogen and oxygen atoms in total. The number of amides is 1. The summed E-state index contributed by atoms with van der Waals surface area (Å²) in [4.78, 5) is 23.5. The van der Waals surface area contributed by atoms with Crippen molar-refractivity contribution in [2.45, 2.75) is 20.3 Å². The van der Waals surface area contributed by atoms with Crippen LogP contribution in [0.25, 0.3) is 0 Å². The number of carbonyl (C=O) groups excluding carboxylic acids is 2. The number of methoxy groups -OCH3 is 1. The second-order valence-electron chi connectivity index (χ2n) is 5.35. The molecule has 6 heteroatoms. The Hall–Kier alpha value is -2.63. The SMILES string of the molecule is COC(=O)c1ccc(C(=O)NCCc2c(C)nn(C)c2C)cc1. The molecule has 1 aromatic carbocycles. The molecule has 0 saturated carbocycles. The summed E-state index contributed by atoms with van der Waals surface area (Å²) in [5.41, 5.74) is 4.19. The predicted molar refractivity (Wildman–Crippen MR) is 86.5 cm³/mol. The quantitative estimate of drug-likeness (QED) is 0.854. The highest BCUT2D eigenvalue weighted by Gasteiger charge is 2.11. The van der Waals surface area contributed by atoms with E-state index in [4.69, 9.17) is 0 Å². The lowest BCUT2D eigenvalue weighted by Crippen LogP contribution is -2.26. The molecule has 122 valence electrons. The fourth-order valence-corrected chi connectivity index (χ4v) is 2.46. The molecule has 0 unspecified atom stereocenters. The van der Waals surface area contributed by atoms with Gasteiger partial charge in [-0.05, 0) is 50.1 Å². The highest BCUT2D eigenvalue weighted by Crippen LogP contribution is 2.12. The van der Waals surface area contributed by atoms with Gasteiger partial charge in [0.2, 0.25) is 0 Å². The molecule has 0 bridgehead atoms. The topological polar surface area (TPSA) is 73.2 Å². The minimum atomic E-state index is -0.417. The van der Waals surface area contributed by atoms with Crippen molar-refractivity contribution in [1.29, 1.82) is 0 Å². The van der Waals surface area contributed by atoms with Gasteiger partial charge in [0.05, 0.1) is 18.4 Å². The van der Waals surface area contributed by atoms with Gasteiger partial charge >= 0.3 is 5.97 Å². The minimum Gasteiger partial charge on any atom is -0.465 e. The molecule has 0 aliphatic carbocycles. The standard InChI is InChI=1S/C17H21N3O3/c1-11-15(12(2)20(3)19-11)9-10-18-16(21)13-5-7-14(8-6-13)17(22)23-4/h5-8H,9-10H2,1-4H3,(H,18,21). The first-order valence-corrected chi connectivity index (χ1v) is 7.39. The van der Waals surface area contributed by atoms with Crippen molar-refractivity contribution in [2.75, 3.05) is 13.7 Å². The number of carbonyl (C=O) groups is 2. The van der Waals surface area contributed by atoms with Gasteiger partial charge < -0.3 is 10.1 Å². The third-order valence-corrected chi connectivity index (χ3v) is 3.89. The van der Waals surface area contributed by atoms with Gasteiger partial charge in [-0.1, -0.05) is 0 Å². The molecule has 0 atom stereocenters. The van der Waals surface area contributed by atoms with Crippen LogP contribution in [-0.4, -0.2) is 35.3 Å². The Morgan fingerprint density at radius 1 is 1.17 bits per heavy atom. The van der Waals surface area contributed by atoms with Crippen LogP contribution in [-0.2, 0) is 18.2 Å². The lowest BCUT2D eigenvalue weighted by atomic mass is 10.1. The van der Waals surface area contributed by atoms with Gasteiger partial charge in [0.15, 0.2) is 0 Å². The van der Waals surface area contributed by atoms with Crippen LogP contribution < -0.4 is 5.32 Å². The summed E-state index contributed by atoms with van der Waals surface area (Å²) < 4.78 is 6.47. The zero-order valence-electron chi connectivity index (χ0n) is 13.8. The van der Waals surface area contributed by atoms with Crippen molar-refractivity contribution in [2.24, 2.45) is 7.05 Å². The summed E-state index contributed by atoms with van der Waals surface area (Å²) in [6, 6.07) is 6.39. The maximum atomic E-state index is 12.1. The zero-order valence-corrected chi connectivity index (χ0v) is 13.8. The van der Waals surface area contributed by atoms with Crippen LogP contribution in [0.5, 0.6) is 0 Å². The molecule has 0 saturated heterocycles. The fourth-order valence-electron chi connectivity index (χ4n) is 2.46. The van der Waals surface area contributed by atoms with Gasteiger partial charge in [-0.2, -0.15) is 5.10 Å². The molecule has 1 amide bonds. The van der Waals surface area contributed by atoms with E-state index in [1.165, 1.54) is 7.11 Å². The van der Waals surface area contributed by atoms with Crippen LogP contribution in [0.2, 0.25) is 0 Å². The molecule has 0 aliphatic rings. The van der Waals surface area contributed by atoms with Crippen molar-refractivity contribution in [3.63, 3.8) is 0 Å². The van der Waals surface area contributed by atoms with Gasteiger partial charge in [-0.3, -0.25) is 9.48 Å². The zero-order chi connectivity index (χ0) is 17.0. The molecule has 1 heterocycles. The normalized spacial score (nSPS) is 10.4. The van der Waals surface area contributed by atoms with E-state index in [2.05, 4.69) is 15.2 Å². The Balaban J connectivity index is 1.93. The number of benzene rings is 1. The smallest absolute Gasteiger partial charge is 0.337 e. The van der Waals surface area contributed by atoms with Crippen molar-refractivity contribution in [3.05, 3.63) is 52.3 Å². The first kappa shape index (κ1) is 16.7. The molecule has 0 aliphatic heterocycles. The first-order chi connectivity index (χ1) is 10.9. The van der Waals surface area contributed by atoms with Crippen LogP contribution in [0.3, 0.4) is 0 Å². The highest BCUT2D eigenvalue weighted by atomic mass is 16.5. The summed E-state index contributed by atoms with van der Waals surface area (Å²) >= 11 is 0. The van der Waals surface area contributed by atoms with E-state index >= 15 is 0 Å². The van der Waals surface area contributed by atoms with Crippen LogP contribution in [0, 0.1) is 13.8 Å². The number of hydrogen-bond donors (Lipinski definition) is 1. The third-order valence-electron chi connectivity index (χ3n) is 3.89.